The Labute approximate surface area is 180 Å². The fraction of sp³-hybridized carbons (Fsp3) is 0.423. The molecule has 0 fully saturated rings. The molecule has 0 amide bonds. The average molecular weight is 411 g/mol. The van der Waals surface area contributed by atoms with Gasteiger partial charge in [-0.2, -0.15) is 0 Å². The monoisotopic (exact) mass is 410 g/mol. The van der Waals surface area contributed by atoms with E-state index in [0.29, 0.717) is 25.4 Å². The molecule has 0 aliphatic heterocycles. The summed E-state index contributed by atoms with van der Waals surface area (Å²) in [5.41, 5.74) is 2.56. The molecule has 162 valence electrons. The first-order valence-corrected chi connectivity index (χ1v) is 10.9. The van der Waals surface area contributed by atoms with Crippen LogP contribution >= 0.6 is 0 Å². The standard InChI is InChI=1S/C26H34O4/c1-5-8-16-29-24-18-22(20(4)26(19-24)30-17-9-6-2)12-15-25(27)21-10-13-23(14-11-21)28-7-3/h10-15,18-19H,5-9,16-17H2,1-4H3. The molecule has 4 heteroatoms. The number of ketones is 1. The summed E-state index contributed by atoms with van der Waals surface area (Å²) in [6.45, 7) is 10.2. The quantitative estimate of drug-likeness (QED) is 0.211. The summed E-state index contributed by atoms with van der Waals surface area (Å²) in [6, 6.07) is 11.1. The third-order valence-corrected chi connectivity index (χ3v) is 4.76. The van der Waals surface area contributed by atoms with Gasteiger partial charge in [-0.05, 0) is 74.2 Å². The smallest absolute Gasteiger partial charge is 0.185 e. The van der Waals surface area contributed by atoms with Crippen LogP contribution in [0.2, 0.25) is 0 Å². The van der Waals surface area contributed by atoms with E-state index >= 15 is 0 Å². The molecule has 0 saturated heterocycles. The molecular weight excluding hydrogens is 376 g/mol. The Kier molecular flexibility index (Phi) is 9.99. The van der Waals surface area contributed by atoms with Crippen molar-refractivity contribution in [3.63, 3.8) is 0 Å². The second kappa shape index (κ2) is 12.7. The zero-order valence-corrected chi connectivity index (χ0v) is 18.7. The largest absolute Gasteiger partial charge is 0.494 e. The topological polar surface area (TPSA) is 44.8 Å². The fourth-order valence-electron chi connectivity index (χ4n) is 2.89. The number of unbranched alkanes of at least 4 members (excludes halogenated alkanes) is 2. The van der Waals surface area contributed by atoms with E-state index in [2.05, 4.69) is 13.8 Å². The first-order valence-electron chi connectivity index (χ1n) is 10.9. The van der Waals surface area contributed by atoms with Crippen LogP contribution in [-0.4, -0.2) is 25.6 Å². The van der Waals surface area contributed by atoms with Crippen molar-refractivity contribution in [1.82, 2.24) is 0 Å². The van der Waals surface area contributed by atoms with Crippen molar-refractivity contribution in [1.29, 1.82) is 0 Å². The second-order valence-electron chi connectivity index (χ2n) is 7.19. The average Bonchev–Trinajstić information content (AvgIpc) is 2.75. The number of hydrogen-bond acceptors (Lipinski definition) is 4. The van der Waals surface area contributed by atoms with E-state index in [1.54, 1.807) is 18.2 Å². The maximum atomic E-state index is 12.6. The van der Waals surface area contributed by atoms with E-state index < -0.39 is 0 Å². The van der Waals surface area contributed by atoms with E-state index in [1.807, 2.05) is 44.2 Å². The van der Waals surface area contributed by atoms with Gasteiger partial charge >= 0.3 is 0 Å². The normalized spacial score (nSPS) is 10.9. The van der Waals surface area contributed by atoms with Crippen molar-refractivity contribution < 1.29 is 19.0 Å². The highest BCUT2D eigenvalue weighted by molar-refractivity contribution is 6.07. The maximum absolute atomic E-state index is 12.6. The number of carbonyl (C=O) groups is 1. The highest BCUT2D eigenvalue weighted by Gasteiger charge is 2.09. The molecule has 0 aliphatic rings. The molecule has 2 aromatic rings. The molecule has 2 rings (SSSR count). The Hall–Kier alpha value is -2.75. The van der Waals surface area contributed by atoms with Crippen LogP contribution in [0.4, 0.5) is 0 Å². The molecule has 0 saturated carbocycles. The summed E-state index contributed by atoms with van der Waals surface area (Å²) >= 11 is 0. The van der Waals surface area contributed by atoms with Crippen molar-refractivity contribution in [2.45, 2.75) is 53.4 Å². The van der Waals surface area contributed by atoms with Gasteiger partial charge in [0.2, 0.25) is 0 Å². The molecular formula is C26H34O4. The lowest BCUT2D eigenvalue weighted by Crippen LogP contribution is -2.02. The van der Waals surface area contributed by atoms with Gasteiger partial charge in [0.25, 0.3) is 0 Å². The Balaban J connectivity index is 2.20. The lowest BCUT2D eigenvalue weighted by molar-refractivity contribution is 0.104. The summed E-state index contributed by atoms with van der Waals surface area (Å²) < 4.78 is 17.3. The van der Waals surface area contributed by atoms with E-state index in [1.165, 1.54) is 0 Å². The van der Waals surface area contributed by atoms with E-state index in [-0.39, 0.29) is 5.78 Å². The van der Waals surface area contributed by atoms with Gasteiger partial charge in [-0.3, -0.25) is 4.79 Å². The van der Waals surface area contributed by atoms with Gasteiger partial charge in [0.05, 0.1) is 19.8 Å². The molecule has 0 heterocycles. The van der Waals surface area contributed by atoms with Crippen LogP contribution in [0.1, 0.15) is 67.9 Å². The van der Waals surface area contributed by atoms with E-state index in [0.717, 1.165) is 54.1 Å². The maximum Gasteiger partial charge on any atom is 0.185 e. The van der Waals surface area contributed by atoms with Gasteiger partial charge in [-0.25, -0.2) is 0 Å². The zero-order valence-electron chi connectivity index (χ0n) is 18.7. The second-order valence-corrected chi connectivity index (χ2v) is 7.19. The minimum Gasteiger partial charge on any atom is -0.494 e. The molecule has 0 N–H and O–H groups in total. The Morgan fingerprint density at radius 2 is 1.53 bits per heavy atom. The number of benzene rings is 2. The van der Waals surface area contributed by atoms with Crippen LogP contribution in [0.5, 0.6) is 17.2 Å². The van der Waals surface area contributed by atoms with Gasteiger partial charge in [-0.15, -0.1) is 0 Å². The molecule has 0 bridgehead atoms. The fourth-order valence-corrected chi connectivity index (χ4v) is 2.89. The molecule has 0 radical (unpaired) electrons. The third kappa shape index (κ3) is 7.25. The number of hydrogen-bond donors (Lipinski definition) is 0. The van der Waals surface area contributed by atoms with Crippen LogP contribution in [0.3, 0.4) is 0 Å². The van der Waals surface area contributed by atoms with Crippen LogP contribution in [0.25, 0.3) is 6.08 Å². The third-order valence-electron chi connectivity index (χ3n) is 4.76. The summed E-state index contributed by atoms with van der Waals surface area (Å²) in [5, 5.41) is 0. The SMILES string of the molecule is CCCCOc1cc(C=CC(=O)c2ccc(OCC)cc2)c(C)c(OCCCC)c1. The summed E-state index contributed by atoms with van der Waals surface area (Å²) in [5.74, 6) is 2.29. The lowest BCUT2D eigenvalue weighted by Gasteiger charge is -2.14. The lowest BCUT2D eigenvalue weighted by atomic mass is 10.0. The number of rotatable bonds is 13. The summed E-state index contributed by atoms with van der Waals surface area (Å²) in [6.07, 6.45) is 7.60. The summed E-state index contributed by atoms with van der Waals surface area (Å²) in [7, 11) is 0. The van der Waals surface area contributed by atoms with Crippen LogP contribution in [-0.2, 0) is 0 Å². The van der Waals surface area contributed by atoms with Crippen molar-refractivity contribution >= 4 is 11.9 Å². The van der Waals surface area contributed by atoms with Crippen molar-refractivity contribution in [2.75, 3.05) is 19.8 Å². The highest BCUT2D eigenvalue weighted by atomic mass is 16.5. The number of ether oxygens (including phenoxy) is 3. The molecule has 0 aliphatic carbocycles. The molecule has 0 unspecified atom stereocenters. The molecule has 0 atom stereocenters. The zero-order chi connectivity index (χ0) is 21.8. The van der Waals surface area contributed by atoms with Crippen LogP contribution in [0.15, 0.2) is 42.5 Å². The van der Waals surface area contributed by atoms with Gasteiger partial charge < -0.3 is 14.2 Å². The molecule has 0 aromatic heterocycles. The summed E-state index contributed by atoms with van der Waals surface area (Å²) in [4.78, 5) is 12.6. The van der Waals surface area contributed by atoms with Crippen molar-refractivity contribution in [3.8, 4) is 17.2 Å². The van der Waals surface area contributed by atoms with Crippen molar-refractivity contribution in [2.24, 2.45) is 0 Å². The first kappa shape index (κ1) is 23.5. The van der Waals surface area contributed by atoms with E-state index in [9.17, 15) is 4.79 Å². The van der Waals surface area contributed by atoms with Gasteiger partial charge in [0.1, 0.15) is 17.2 Å². The predicted octanol–water partition coefficient (Wildman–Crippen LogP) is 6.65. The molecule has 4 nitrogen and oxygen atoms in total. The molecule has 30 heavy (non-hydrogen) atoms. The number of allylic oxidation sites excluding steroid dienone is 1. The van der Waals surface area contributed by atoms with Gasteiger partial charge in [0.15, 0.2) is 5.78 Å². The van der Waals surface area contributed by atoms with Crippen LogP contribution in [0, 0.1) is 6.92 Å². The highest BCUT2D eigenvalue weighted by Crippen LogP contribution is 2.30. The van der Waals surface area contributed by atoms with E-state index in [4.69, 9.17) is 14.2 Å². The Morgan fingerprint density at radius 1 is 0.867 bits per heavy atom. The Morgan fingerprint density at radius 3 is 2.17 bits per heavy atom. The molecule has 0 spiro atoms. The van der Waals surface area contributed by atoms with Crippen molar-refractivity contribution in [3.05, 3.63) is 59.2 Å². The predicted molar refractivity (Wildman–Crippen MR) is 123 cm³/mol. The number of carbonyl (C=O) groups excluding carboxylic acids is 1. The molecule has 2 aromatic carbocycles. The van der Waals surface area contributed by atoms with Crippen LogP contribution < -0.4 is 14.2 Å². The Bertz CT molecular complexity index is 822. The van der Waals surface area contributed by atoms with Gasteiger partial charge in [0, 0.05) is 11.6 Å². The van der Waals surface area contributed by atoms with Gasteiger partial charge in [-0.1, -0.05) is 32.8 Å². The first-order chi connectivity index (χ1) is 14.6. The minimum atomic E-state index is -0.0526. The minimum absolute atomic E-state index is 0.0526.